The minimum Gasteiger partial charge on any atom is -0.465 e. The Hall–Kier alpha value is -1.61. The Bertz CT molecular complexity index is 535. The number of carbonyl (C=O) groups is 1. The van der Waals surface area contributed by atoms with Crippen LogP contribution in [0.15, 0.2) is 53.0 Å². The molecule has 0 aliphatic rings. The highest BCUT2D eigenvalue weighted by atomic mass is 79.9. The van der Waals surface area contributed by atoms with E-state index in [1.165, 1.54) is 7.11 Å². The number of methoxy groups -OCH3 is 1. The highest BCUT2D eigenvalue weighted by Gasteiger charge is 2.08. The van der Waals surface area contributed by atoms with Gasteiger partial charge in [-0.3, -0.25) is 0 Å². The largest absolute Gasteiger partial charge is 0.465 e. The lowest BCUT2D eigenvalue weighted by Crippen LogP contribution is -2.01. The molecule has 0 unspecified atom stereocenters. The molecule has 2 aromatic carbocycles. The first-order valence-electron chi connectivity index (χ1n) is 5.15. The minimum atomic E-state index is -0.330. The van der Waals surface area contributed by atoms with Crippen LogP contribution < -0.4 is 0 Å². The molecule has 2 rings (SSSR count). The second-order valence-corrected chi connectivity index (χ2v) is 4.50. The van der Waals surface area contributed by atoms with E-state index >= 15 is 0 Å². The number of carbonyl (C=O) groups excluding carboxylic acids is 1. The molecule has 2 nitrogen and oxygen atoms in total. The Kier molecular flexibility index (Phi) is 3.59. The van der Waals surface area contributed by atoms with Crippen LogP contribution in [0, 0.1) is 0 Å². The van der Waals surface area contributed by atoms with Crippen molar-refractivity contribution in [2.24, 2.45) is 0 Å². The van der Waals surface area contributed by atoms with Gasteiger partial charge in [0.2, 0.25) is 0 Å². The molecule has 0 N–H and O–H groups in total. The summed E-state index contributed by atoms with van der Waals surface area (Å²) in [4.78, 5) is 11.5. The van der Waals surface area contributed by atoms with Crippen LogP contribution in [0.5, 0.6) is 0 Å². The Morgan fingerprint density at radius 2 is 1.76 bits per heavy atom. The van der Waals surface area contributed by atoms with Crippen LogP contribution in [0.2, 0.25) is 0 Å². The molecule has 0 saturated carbocycles. The molecule has 17 heavy (non-hydrogen) atoms. The van der Waals surface area contributed by atoms with Gasteiger partial charge in [-0.25, -0.2) is 4.79 Å². The first-order valence-corrected chi connectivity index (χ1v) is 5.94. The molecule has 2 aromatic rings. The van der Waals surface area contributed by atoms with Crippen LogP contribution >= 0.6 is 15.9 Å². The zero-order valence-electron chi connectivity index (χ0n) is 9.31. The van der Waals surface area contributed by atoms with Gasteiger partial charge >= 0.3 is 5.97 Å². The number of halogens is 1. The smallest absolute Gasteiger partial charge is 0.337 e. The van der Waals surface area contributed by atoms with E-state index in [4.69, 9.17) is 4.74 Å². The standard InChI is InChI=1S/C14H11BrO2/c1-17-14(16)12-7-11(8-13(15)9-12)10-5-3-2-4-6-10/h2-9H,1H3. The van der Waals surface area contributed by atoms with Gasteiger partial charge < -0.3 is 4.74 Å². The van der Waals surface area contributed by atoms with Crippen LogP contribution in [-0.4, -0.2) is 13.1 Å². The fraction of sp³-hybridized carbons (Fsp3) is 0.0714. The predicted molar refractivity (Wildman–Crippen MR) is 70.9 cm³/mol. The number of hydrogen-bond acceptors (Lipinski definition) is 2. The van der Waals surface area contributed by atoms with Crippen LogP contribution in [0.3, 0.4) is 0 Å². The molecule has 0 bridgehead atoms. The number of rotatable bonds is 2. The van der Waals surface area contributed by atoms with E-state index in [0.29, 0.717) is 5.56 Å². The Morgan fingerprint density at radius 3 is 2.41 bits per heavy atom. The van der Waals surface area contributed by atoms with Gasteiger partial charge in [-0.1, -0.05) is 46.3 Å². The molecule has 0 radical (unpaired) electrons. The summed E-state index contributed by atoms with van der Waals surface area (Å²) in [5, 5.41) is 0. The molecule has 0 aliphatic heterocycles. The average Bonchev–Trinajstić information content (AvgIpc) is 2.38. The third-order valence-corrected chi connectivity index (χ3v) is 2.88. The molecule has 0 amide bonds. The van der Waals surface area contributed by atoms with Crippen LogP contribution in [0.25, 0.3) is 11.1 Å². The molecule has 0 heterocycles. The second kappa shape index (κ2) is 5.15. The van der Waals surface area contributed by atoms with Crippen molar-refractivity contribution in [3.05, 3.63) is 58.6 Å². The van der Waals surface area contributed by atoms with Crippen molar-refractivity contribution in [1.29, 1.82) is 0 Å². The van der Waals surface area contributed by atoms with Gasteiger partial charge in [0.1, 0.15) is 0 Å². The summed E-state index contributed by atoms with van der Waals surface area (Å²) in [5.74, 6) is -0.330. The Balaban J connectivity index is 2.49. The fourth-order valence-electron chi connectivity index (χ4n) is 1.62. The first kappa shape index (κ1) is 11.9. The average molecular weight is 291 g/mol. The molecular weight excluding hydrogens is 280 g/mol. The third-order valence-electron chi connectivity index (χ3n) is 2.43. The van der Waals surface area contributed by atoms with E-state index in [0.717, 1.165) is 15.6 Å². The van der Waals surface area contributed by atoms with E-state index in [2.05, 4.69) is 15.9 Å². The summed E-state index contributed by atoms with van der Waals surface area (Å²) >= 11 is 3.40. The van der Waals surface area contributed by atoms with Crippen molar-refractivity contribution in [3.63, 3.8) is 0 Å². The van der Waals surface area contributed by atoms with Crippen LogP contribution in [0.1, 0.15) is 10.4 Å². The van der Waals surface area contributed by atoms with Crippen molar-refractivity contribution in [1.82, 2.24) is 0 Å². The predicted octanol–water partition coefficient (Wildman–Crippen LogP) is 3.90. The maximum absolute atomic E-state index is 11.5. The summed E-state index contributed by atoms with van der Waals surface area (Å²) in [7, 11) is 1.38. The second-order valence-electron chi connectivity index (χ2n) is 3.59. The van der Waals surface area contributed by atoms with E-state index < -0.39 is 0 Å². The Labute approximate surface area is 108 Å². The highest BCUT2D eigenvalue weighted by Crippen LogP contribution is 2.25. The molecule has 0 aromatic heterocycles. The summed E-state index contributed by atoms with van der Waals surface area (Å²) in [5.41, 5.74) is 2.60. The quantitative estimate of drug-likeness (QED) is 0.784. The van der Waals surface area contributed by atoms with Crippen LogP contribution in [-0.2, 0) is 4.74 Å². The molecule has 0 atom stereocenters. The Morgan fingerprint density at radius 1 is 1.06 bits per heavy atom. The summed E-state index contributed by atoms with van der Waals surface area (Å²) in [6, 6.07) is 15.4. The maximum Gasteiger partial charge on any atom is 0.337 e. The fourth-order valence-corrected chi connectivity index (χ4v) is 2.12. The van der Waals surface area contributed by atoms with E-state index in [1.807, 2.05) is 42.5 Å². The van der Waals surface area contributed by atoms with Gasteiger partial charge in [-0.05, 0) is 29.3 Å². The van der Waals surface area contributed by atoms with Crippen molar-refractivity contribution < 1.29 is 9.53 Å². The van der Waals surface area contributed by atoms with Crippen molar-refractivity contribution >= 4 is 21.9 Å². The number of esters is 1. The van der Waals surface area contributed by atoms with E-state index in [9.17, 15) is 4.79 Å². The molecule has 0 aliphatic carbocycles. The third kappa shape index (κ3) is 2.74. The minimum absolute atomic E-state index is 0.330. The lowest BCUT2D eigenvalue weighted by atomic mass is 10.0. The van der Waals surface area contributed by atoms with Crippen LogP contribution in [0.4, 0.5) is 0 Å². The van der Waals surface area contributed by atoms with Gasteiger partial charge in [0.15, 0.2) is 0 Å². The molecule has 86 valence electrons. The highest BCUT2D eigenvalue weighted by molar-refractivity contribution is 9.10. The SMILES string of the molecule is COC(=O)c1cc(Br)cc(-c2ccccc2)c1. The van der Waals surface area contributed by atoms with Gasteiger partial charge in [0.05, 0.1) is 12.7 Å². The zero-order valence-corrected chi connectivity index (χ0v) is 10.9. The van der Waals surface area contributed by atoms with E-state index in [-0.39, 0.29) is 5.97 Å². The van der Waals surface area contributed by atoms with E-state index in [1.54, 1.807) is 6.07 Å². The number of ether oxygens (including phenoxy) is 1. The zero-order chi connectivity index (χ0) is 12.3. The van der Waals surface area contributed by atoms with Gasteiger partial charge in [0.25, 0.3) is 0 Å². The molecule has 0 spiro atoms. The monoisotopic (exact) mass is 290 g/mol. The van der Waals surface area contributed by atoms with Crippen molar-refractivity contribution in [2.45, 2.75) is 0 Å². The van der Waals surface area contributed by atoms with Crippen molar-refractivity contribution in [3.8, 4) is 11.1 Å². The van der Waals surface area contributed by atoms with Crippen molar-refractivity contribution in [2.75, 3.05) is 7.11 Å². The molecule has 0 fully saturated rings. The summed E-state index contributed by atoms with van der Waals surface area (Å²) < 4.78 is 5.58. The molecule has 0 saturated heterocycles. The topological polar surface area (TPSA) is 26.3 Å². The van der Waals surface area contributed by atoms with Gasteiger partial charge in [0, 0.05) is 4.47 Å². The van der Waals surface area contributed by atoms with Gasteiger partial charge in [-0.2, -0.15) is 0 Å². The lowest BCUT2D eigenvalue weighted by Gasteiger charge is -2.05. The molecule has 3 heteroatoms. The molecular formula is C14H11BrO2. The summed E-state index contributed by atoms with van der Waals surface area (Å²) in [6.07, 6.45) is 0. The normalized spacial score (nSPS) is 10.0. The lowest BCUT2D eigenvalue weighted by molar-refractivity contribution is 0.0600. The van der Waals surface area contributed by atoms with Gasteiger partial charge in [-0.15, -0.1) is 0 Å². The maximum atomic E-state index is 11.5. The first-order chi connectivity index (χ1) is 8.20. The number of benzene rings is 2. The number of hydrogen-bond donors (Lipinski definition) is 0. The summed E-state index contributed by atoms with van der Waals surface area (Å²) in [6.45, 7) is 0.